The number of benzene rings is 2. The summed E-state index contributed by atoms with van der Waals surface area (Å²) < 4.78 is 8.93. The minimum atomic E-state index is -0.562. The van der Waals surface area contributed by atoms with E-state index in [1.807, 2.05) is 59.3 Å². The first-order chi connectivity index (χ1) is 17.6. The summed E-state index contributed by atoms with van der Waals surface area (Å²) in [4.78, 5) is 31.0. The Morgan fingerprint density at radius 3 is 2.56 bits per heavy atom. The normalized spacial score (nSPS) is 18.6. The van der Waals surface area contributed by atoms with E-state index in [0.29, 0.717) is 42.5 Å². The maximum atomic E-state index is 12.9. The summed E-state index contributed by atoms with van der Waals surface area (Å²) in [5, 5.41) is 12.2. The van der Waals surface area contributed by atoms with Gasteiger partial charge in [-0.05, 0) is 42.8 Å². The smallest absolute Gasteiger partial charge is 0.346 e. The number of ether oxygens (including phenoxy) is 1. The second kappa shape index (κ2) is 8.84. The van der Waals surface area contributed by atoms with Gasteiger partial charge in [-0.3, -0.25) is 4.79 Å². The number of hydrogen-bond donors (Lipinski definition) is 2. The van der Waals surface area contributed by atoms with Crippen LogP contribution in [-0.4, -0.2) is 61.0 Å². The van der Waals surface area contributed by atoms with E-state index in [4.69, 9.17) is 15.6 Å². The Morgan fingerprint density at radius 2 is 1.83 bits per heavy atom. The fourth-order valence-electron chi connectivity index (χ4n) is 4.93. The molecule has 2 aromatic heterocycles. The Morgan fingerprint density at radius 1 is 1.06 bits per heavy atom. The zero-order valence-corrected chi connectivity index (χ0v) is 19.3. The molecule has 182 valence electrons. The third-order valence-electron chi connectivity index (χ3n) is 6.72. The molecule has 0 aliphatic carbocycles. The lowest BCUT2D eigenvalue weighted by Crippen LogP contribution is -2.49. The van der Waals surface area contributed by atoms with Crippen molar-refractivity contribution in [2.45, 2.75) is 12.5 Å². The van der Waals surface area contributed by atoms with Crippen LogP contribution < -0.4 is 15.8 Å². The second-order valence-corrected chi connectivity index (χ2v) is 8.89. The van der Waals surface area contributed by atoms with Crippen LogP contribution in [0.3, 0.4) is 0 Å². The molecular formula is C25H24N8O3. The van der Waals surface area contributed by atoms with Crippen LogP contribution in [0.4, 0.5) is 10.6 Å². The Bertz CT molecular complexity index is 1400. The van der Waals surface area contributed by atoms with Crippen molar-refractivity contribution in [2.24, 2.45) is 11.7 Å². The van der Waals surface area contributed by atoms with Crippen molar-refractivity contribution in [2.75, 3.05) is 25.0 Å². The number of amides is 2. The van der Waals surface area contributed by atoms with Gasteiger partial charge >= 0.3 is 6.03 Å². The minimum absolute atomic E-state index is 0.102. The van der Waals surface area contributed by atoms with Crippen molar-refractivity contribution in [3.8, 4) is 22.8 Å². The number of primary amides is 1. The van der Waals surface area contributed by atoms with Crippen molar-refractivity contribution < 1.29 is 14.3 Å². The van der Waals surface area contributed by atoms with Gasteiger partial charge in [-0.15, -0.1) is 0 Å². The number of anilines is 1. The summed E-state index contributed by atoms with van der Waals surface area (Å²) >= 11 is 0. The quantitative estimate of drug-likeness (QED) is 0.455. The molecule has 0 spiro atoms. The number of carbonyl (C=O) groups excluding carboxylic acids is 2. The molecule has 11 nitrogen and oxygen atoms in total. The van der Waals surface area contributed by atoms with Gasteiger partial charge in [0.05, 0.1) is 6.04 Å². The van der Waals surface area contributed by atoms with Gasteiger partial charge in [0.25, 0.3) is 5.91 Å². The van der Waals surface area contributed by atoms with E-state index < -0.39 is 5.91 Å². The maximum Gasteiger partial charge on any atom is 0.346 e. The van der Waals surface area contributed by atoms with Gasteiger partial charge < -0.3 is 20.7 Å². The number of rotatable bonds is 4. The molecule has 0 bridgehead atoms. The lowest BCUT2D eigenvalue weighted by Gasteiger charge is -2.41. The first kappa shape index (κ1) is 21.8. The highest BCUT2D eigenvalue weighted by Crippen LogP contribution is 2.39. The molecule has 3 N–H and O–H groups in total. The average Bonchev–Trinajstić information content (AvgIpc) is 3.58. The van der Waals surface area contributed by atoms with Crippen molar-refractivity contribution in [1.82, 2.24) is 29.4 Å². The first-order valence-corrected chi connectivity index (χ1v) is 11.7. The SMILES string of the molecule is NC(=O)c1c(-c2ccc(Oc3ccccc3)cc2)nn2c1NCC1CCN(C(=O)n3cncn3)CC12. The van der Waals surface area contributed by atoms with Gasteiger partial charge in [-0.25, -0.2) is 14.5 Å². The number of likely N-dealkylation sites (tertiary alicyclic amines) is 1. The Hall–Kier alpha value is -4.67. The number of nitrogens with two attached hydrogens (primary N) is 1. The van der Waals surface area contributed by atoms with E-state index in [0.717, 1.165) is 17.7 Å². The van der Waals surface area contributed by atoms with Gasteiger partial charge in [0.2, 0.25) is 0 Å². The van der Waals surface area contributed by atoms with E-state index in [1.54, 1.807) is 4.90 Å². The van der Waals surface area contributed by atoms with Crippen molar-refractivity contribution in [3.63, 3.8) is 0 Å². The fraction of sp³-hybridized carbons (Fsp3) is 0.240. The Kier molecular flexibility index (Phi) is 5.36. The van der Waals surface area contributed by atoms with Crippen molar-refractivity contribution in [1.29, 1.82) is 0 Å². The molecular weight excluding hydrogens is 460 g/mol. The monoisotopic (exact) mass is 484 g/mol. The van der Waals surface area contributed by atoms with Crippen molar-refractivity contribution in [3.05, 3.63) is 72.8 Å². The summed E-state index contributed by atoms with van der Waals surface area (Å²) in [6.45, 7) is 1.73. The predicted octanol–water partition coefficient (Wildman–Crippen LogP) is 2.99. The van der Waals surface area contributed by atoms with Crippen LogP contribution in [0, 0.1) is 5.92 Å². The van der Waals surface area contributed by atoms with Crippen LogP contribution in [0.2, 0.25) is 0 Å². The zero-order chi connectivity index (χ0) is 24.6. The van der Waals surface area contributed by atoms with E-state index >= 15 is 0 Å². The molecule has 6 rings (SSSR count). The highest BCUT2D eigenvalue weighted by Gasteiger charge is 2.40. The van der Waals surface area contributed by atoms with Crippen LogP contribution in [0.25, 0.3) is 11.3 Å². The molecule has 2 atom stereocenters. The number of fused-ring (bicyclic) bond motifs is 3. The lowest BCUT2D eigenvalue weighted by atomic mass is 9.90. The van der Waals surface area contributed by atoms with Gasteiger partial charge in [-0.2, -0.15) is 14.9 Å². The first-order valence-electron chi connectivity index (χ1n) is 11.7. The largest absolute Gasteiger partial charge is 0.457 e. The van der Waals surface area contributed by atoms with Gasteiger partial charge in [-0.1, -0.05) is 18.2 Å². The molecule has 1 saturated heterocycles. The van der Waals surface area contributed by atoms with Crippen LogP contribution >= 0.6 is 0 Å². The average molecular weight is 485 g/mol. The number of carbonyl (C=O) groups is 2. The maximum absolute atomic E-state index is 12.9. The van der Waals surface area contributed by atoms with Gasteiger partial charge in [0, 0.05) is 31.1 Å². The lowest BCUT2D eigenvalue weighted by molar-refractivity contribution is 0.0999. The number of hydrogen-bond acceptors (Lipinski definition) is 7. The zero-order valence-electron chi connectivity index (χ0n) is 19.3. The summed E-state index contributed by atoms with van der Waals surface area (Å²) in [5.41, 5.74) is 7.40. The minimum Gasteiger partial charge on any atom is -0.457 e. The Balaban J connectivity index is 1.31. The standard InChI is InChI=1S/C25H24N8O3/c26-23(34)21-22(16-6-8-19(9-7-16)36-18-4-2-1-3-5-18)30-33-20-13-31(25(35)32-15-27-14-29-32)11-10-17(20)12-28-24(21)33/h1-9,14-15,17,20,28H,10-13H2,(H2,26,34). The number of nitrogens with one attached hydrogen (secondary N) is 1. The molecule has 2 aliphatic heterocycles. The van der Waals surface area contributed by atoms with Crippen LogP contribution in [0.1, 0.15) is 22.8 Å². The molecule has 2 aliphatic rings. The fourth-order valence-corrected chi connectivity index (χ4v) is 4.93. The molecule has 2 amide bonds. The third-order valence-corrected chi connectivity index (χ3v) is 6.72. The summed E-state index contributed by atoms with van der Waals surface area (Å²) in [5.74, 6) is 1.68. The summed E-state index contributed by atoms with van der Waals surface area (Å²) in [7, 11) is 0. The highest BCUT2D eigenvalue weighted by atomic mass is 16.5. The molecule has 0 radical (unpaired) electrons. The molecule has 4 heterocycles. The van der Waals surface area contributed by atoms with E-state index in [1.165, 1.54) is 17.3 Å². The topological polar surface area (TPSA) is 133 Å². The number of nitrogens with zero attached hydrogens (tertiary/aromatic N) is 6. The molecule has 1 fully saturated rings. The molecule has 36 heavy (non-hydrogen) atoms. The molecule has 2 unspecified atom stereocenters. The molecule has 0 saturated carbocycles. The Labute approximate surface area is 206 Å². The van der Waals surface area contributed by atoms with Gasteiger partial charge in [0.15, 0.2) is 0 Å². The number of piperidine rings is 1. The molecule has 4 aromatic rings. The highest BCUT2D eigenvalue weighted by molar-refractivity contribution is 6.03. The van der Waals surface area contributed by atoms with E-state index in [-0.39, 0.29) is 18.0 Å². The summed E-state index contributed by atoms with van der Waals surface area (Å²) in [6, 6.07) is 16.6. The van der Waals surface area contributed by atoms with Crippen LogP contribution in [0.5, 0.6) is 11.5 Å². The van der Waals surface area contributed by atoms with Crippen molar-refractivity contribution >= 4 is 17.8 Å². The molecule has 11 heteroatoms. The van der Waals surface area contributed by atoms with Gasteiger partial charge in [0.1, 0.15) is 41.2 Å². The second-order valence-electron chi connectivity index (χ2n) is 8.89. The molecule has 2 aromatic carbocycles. The number of aromatic nitrogens is 5. The van der Waals surface area contributed by atoms with Crippen LogP contribution in [-0.2, 0) is 0 Å². The van der Waals surface area contributed by atoms with Crippen LogP contribution in [0.15, 0.2) is 67.3 Å². The third kappa shape index (κ3) is 3.84. The summed E-state index contributed by atoms with van der Waals surface area (Å²) in [6.07, 6.45) is 3.52. The predicted molar refractivity (Wildman–Crippen MR) is 131 cm³/mol. The van der Waals surface area contributed by atoms with E-state index in [9.17, 15) is 9.59 Å². The number of para-hydroxylation sites is 1. The van der Waals surface area contributed by atoms with E-state index in [2.05, 4.69) is 15.4 Å².